The molecule has 18 heavy (non-hydrogen) atoms. The maximum Gasteiger partial charge on any atom is 0.106 e. The van der Waals surface area contributed by atoms with Crippen LogP contribution in [0.25, 0.3) is 0 Å². The fraction of sp³-hybridized carbons (Fsp3) is 0.400. The van der Waals surface area contributed by atoms with E-state index in [4.69, 9.17) is 0 Å². The van der Waals surface area contributed by atoms with Crippen LogP contribution >= 0.6 is 11.3 Å². The lowest BCUT2D eigenvalue weighted by molar-refractivity contribution is 0.488. The van der Waals surface area contributed by atoms with E-state index >= 15 is 0 Å². The molecule has 0 fully saturated rings. The van der Waals surface area contributed by atoms with Crippen molar-refractivity contribution in [1.29, 1.82) is 0 Å². The molecule has 0 spiro atoms. The molecule has 1 aromatic carbocycles. The summed E-state index contributed by atoms with van der Waals surface area (Å²) in [5, 5.41) is 6.89. The van der Waals surface area contributed by atoms with Crippen LogP contribution in [0.5, 0.6) is 0 Å². The normalized spacial score (nSPS) is 19.2. The molecule has 0 aliphatic heterocycles. The van der Waals surface area contributed by atoms with Crippen molar-refractivity contribution in [3.8, 4) is 0 Å². The molecule has 0 bridgehead atoms. The summed E-state index contributed by atoms with van der Waals surface area (Å²) in [5.74, 6) is 0. The van der Waals surface area contributed by atoms with Crippen LogP contribution in [-0.2, 0) is 13.0 Å². The highest BCUT2D eigenvalue weighted by Gasteiger charge is 2.17. The highest BCUT2D eigenvalue weighted by Crippen LogP contribution is 2.28. The third-order valence-electron chi connectivity index (χ3n) is 3.60. The molecule has 1 heterocycles. The van der Waals surface area contributed by atoms with Gasteiger partial charge in [0.15, 0.2) is 0 Å². The van der Waals surface area contributed by atoms with Crippen molar-refractivity contribution >= 4 is 11.3 Å². The predicted molar refractivity (Wildman–Crippen MR) is 75.7 cm³/mol. The van der Waals surface area contributed by atoms with Gasteiger partial charge in [-0.25, -0.2) is 4.98 Å². The number of thiazole rings is 1. The van der Waals surface area contributed by atoms with Crippen molar-refractivity contribution in [2.75, 3.05) is 0 Å². The second-order valence-corrected chi connectivity index (χ2v) is 5.78. The van der Waals surface area contributed by atoms with Gasteiger partial charge >= 0.3 is 0 Å². The van der Waals surface area contributed by atoms with Gasteiger partial charge in [0.05, 0.1) is 0 Å². The maximum absolute atomic E-state index is 4.34. The van der Waals surface area contributed by atoms with Gasteiger partial charge in [-0.3, -0.25) is 0 Å². The van der Waals surface area contributed by atoms with Crippen LogP contribution in [0, 0.1) is 0 Å². The number of hydrogen-bond donors (Lipinski definition) is 1. The first-order chi connectivity index (χ1) is 8.93. The van der Waals surface area contributed by atoms with E-state index in [0.717, 1.165) is 6.54 Å². The number of aryl methyl sites for hydroxylation is 1. The molecule has 2 nitrogen and oxygen atoms in total. The molecule has 3 heteroatoms. The first-order valence-electron chi connectivity index (χ1n) is 6.63. The van der Waals surface area contributed by atoms with Gasteiger partial charge in [-0.15, -0.1) is 11.3 Å². The van der Waals surface area contributed by atoms with E-state index in [2.05, 4.69) is 34.6 Å². The second-order valence-electron chi connectivity index (χ2n) is 4.80. The second kappa shape index (κ2) is 5.63. The monoisotopic (exact) mass is 258 g/mol. The molecule has 0 saturated carbocycles. The Kier molecular flexibility index (Phi) is 3.72. The Hall–Kier alpha value is -1.19. The molecular weight excluding hydrogens is 240 g/mol. The van der Waals surface area contributed by atoms with Crippen molar-refractivity contribution in [2.24, 2.45) is 0 Å². The smallest absolute Gasteiger partial charge is 0.106 e. The molecule has 3 rings (SSSR count). The van der Waals surface area contributed by atoms with Crippen LogP contribution in [0.1, 0.15) is 41.4 Å². The van der Waals surface area contributed by atoms with Crippen LogP contribution in [0.4, 0.5) is 0 Å². The summed E-state index contributed by atoms with van der Waals surface area (Å²) in [6.07, 6.45) is 6.97. The van der Waals surface area contributed by atoms with Gasteiger partial charge in [0, 0.05) is 24.2 Å². The molecule has 2 aromatic rings. The molecule has 1 aliphatic rings. The zero-order valence-electron chi connectivity index (χ0n) is 10.4. The molecular formula is C15H18N2S. The van der Waals surface area contributed by atoms with E-state index < -0.39 is 0 Å². The summed E-state index contributed by atoms with van der Waals surface area (Å²) in [6, 6.07) is 9.36. The van der Waals surface area contributed by atoms with Crippen molar-refractivity contribution in [3.05, 3.63) is 52.0 Å². The van der Waals surface area contributed by atoms with Gasteiger partial charge in [-0.1, -0.05) is 30.7 Å². The molecule has 0 saturated heterocycles. The number of aromatic nitrogens is 1. The van der Waals surface area contributed by atoms with Crippen molar-refractivity contribution in [2.45, 2.75) is 38.3 Å². The molecule has 0 radical (unpaired) electrons. The number of fused-ring (bicyclic) bond motifs is 1. The first kappa shape index (κ1) is 11.9. The summed E-state index contributed by atoms with van der Waals surface area (Å²) in [5.41, 5.74) is 3.01. The average molecular weight is 258 g/mol. The van der Waals surface area contributed by atoms with Crippen LogP contribution in [-0.4, -0.2) is 4.98 Å². The van der Waals surface area contributed by atoms with E-state index in [9.17, 15) is 0 Å². The standard InChI is InChI=1S/C15H18N2S/c1-3-7-13-12(5-1)6-2-4-8-14(13)17-11-15-16-9-10-18-15/h1,3,5,7,9-10,14,17H,2,4,6,8,11H2. The van der Waals surface area contributed by atoms with Crippen LogP contribution in [0.3, 0.4) is 0 Å². The number of benzene rings is 1. The number of rotatable bonds is 3. The number of hydrogen-bond acceptors (Lipinski definition) is 3. The lowest BCUT2D eigenvalue weighted by Crippen LogP contribution is -2.21. The number of nitrogens with one attached hydrogen (secondary N) is 1. The summed E-state index contributed by atoms with van der Waals surface area (Å²) in [4.78, 5) is 4.34. The van der Waals surface area contributed by atoms with E-state index in [1.807, 2.05) is 11.6 Å². The summed E-state index contributed by atoms with van der Waals surface area (Å²) >= 11 is 1.72. The Labute approximate surface area is 112 Å². The lowest BCUT2D eigenvalue weighted by atomic mass is 9.99. The Bertz CT molecular complexity index is 493. The van der Waals surface area contributed by atoms with E-state index in [0.29, 0.717) is 6.04 Å². The average Bonchev–Trinajstić information content (AvgIpc) is 2.84. The topological polar surface area (TPSA) is 24.9 Å². The quantitative estimate of drug-likeness (QED) is 0.849. The van der Waals surface area contributed by atoms with Crippen molar-refractivity contribution < 1.29 is 0 Å². The molecule has 1 aromatic heterocycles. The third-order valence-corrected chi connectivity index (χ3v) is 4.38. The zero-order valence-corrected chi connectivity index (χ0v) is 11.2. The fourth-order valence-electron chi connectivity index (χ4n) is 2.68. The minimum atomic E-state index is 0.493. The summed E-state index contributed by atoms with van der Waals surface area (Å²) < 4.78 is 0. The molecule has 1 unspecified atom stereocenters. The minimum Gasteiger partial charge on any atom is -0.304 e. The van der Waals surface area contributed by atoms with Crippen LogP contribution in [0.2, 0.25) is 0 Å². The Morgan fingerprint density at radius 3 is 3.11 bits per heavy atom. The third kappa shape index (κ3) is 2.62. The van der Waals surface area contributed by atoms with E-state index in [1.165, 1.54) is 41.8 Å². The Morgan fingerprint density at radius 1 is 1.28 bits per heavy atom. The maximum atomic E-state index is 4.34. The van der Waals surface area contributed by atoms with Crippen LogP contribution < -0.4 is 5.32 Å². The van der Waals surface area contributed by atoms with Gasteiger partial charge in [0.2, 0.25) is 0 Å². The highest BCUT2D eigenvalue weighted by molar-refractivity contribution is 7.09. The first-order valence-corrected chi connectivity index (χ1v) is 7.51. The van der Waals surface area contributed by atoms with E-state index in [-0.39, 0.29) is 0 Å². The molecule has 1 N–H and O–H groups in total. The van der Waals surface area contributed by atoms with Crippen LogP contribution in [0.15, 0.2) is 35.8 Å². The summed E-state index contributed by atoms with van der Waals surface area (Å²) in [6.45, 7) is 0.886. The molecule has 94 valence electrons. The lowest BCUT2D eigenvalue weighted by Gasteiger charge is -2.18. The molecule has 1 atom stereocenters. The Balaban J connectivity index is 1.75. The SMILES string of the molecule is c1ccc2c(c1)CCCCC2NCc1nccs1. The minimum absolute atomic E-state index is 0.493. The summed E-state index contributed by atoms with van der Waals surface area (Å²) in [7, 11) is 0. The predicted octanol–water partition coefficient (Wildman–Crippen LogP) is 3.70. The van der Waals surface area contributed by atoms with E-state index in [1.54, 1.807) is 11.3 Å². The molecule has 0 amide bonds. The van der Waals surface area contributed by atoms with Gasteiger partial charge < -0.3 is 5.32 Å². The van der Waals surface area contributed by atoms with Crippen molar-refractivity contribution in [3.63, 3.8) is 0 Å². The van der Waals surface area contributed by atoms with Gasteiger partial charge in [-0.2, -0.15) is 0 Å². The van der Waals surface area contributed by atoms with Gasteiger partial charge in [0.1, 0.15) is 5.01 Å². The number of nitrogens with zero attached hydrogens (tertiary/aromatic N) is 1. The van der Waals surface area contributed by atoms with Gasteiger partial charge in [-0.05, 0) is 30.4 Å². The highest BCUT2D eigenvalue weighted by atomic mass is 32.1. The molecule has 1 aliphatic carbocycles. The van der Waals surface area contributed by atoms with Gasteiger partial charge in [0.25, 0.3) is 0 Å². The van der Waals surface area contributed by atoms with Crippen molar-refractivity contribution in [1.82, 2.24) is 10.3 Å². The zero-order chi connectivity index (χ0) is 12.2. The largest absolute Gasteiger partial charge is 0.304 e. The fourth-order valence-corrected chi connectivity index (χ4v) is 3.25. The Morgan fingerprint density at radius 2 is 2.22 bits per heavy atom.